The minimum Gasteiger partial charge on any atom is -0.310 e. The van der Waals surface area contributed by atoms with E-state index in [2.05, 4.69) is 0 Å². The molecule has 0 amide bonds. The average molecular weight is 232 g/mol. The predicted octanol–water partition coefficient (Wildman–Crippen LogP) is 3.50. The molecule has 0 spiro atoms. The lowest BCUT2D eigenvalue weighted by Crippen LogP contribution is -2.01. The van der Waals surface area contributed by atoms with Gasteiger partial charge in [-0.15, -0.1) is 0 Å². The number of allylic oxidation sites excluding steroid dienone is 1. The van der Waals surface area contributed by atoms with Crippen LogP contribution in [0.1, 0.15) is 6.92 Å². The number of rotatable bonds is 2. The third-order valence-electron chi connectivity index (χ3n) is 1.39. The molecule has 0 fully saturated rings. The molecule has 0 unspecified atom stereocenters. The van der Waals surface area contributed by atoms with Crippen LogP contribution in [0.4, 0.5) is 0 Å². The third kappa shape index (κ3) is 3.98. The topological polar surface area (TPSA) is 4.93 Å². The summed E-state index contributed by atoms with van der Waals surface area (Å²) in [7, 11) is 0. The van der Waals surface area contributed by atoms with Crippen molar-refractivity contribution < 1.29 is 0 Å². The van der Waals surface area contributed by atoms with Gasteiger partial charge in [0.15, 0.2) is 0 Å². The molecule has 0 saturated carbocycles. The Kier molecular flexibility index (Phi) is 4.56. The van der Waals surface area contributed by atoms with Gasteiger partial charge in [-0.25, -0.2) is 0 Å². The minimum absolute atomic E-state index is 0.808. The summed E-state index contributed by atoms with van der Waals surface area (Å²) in [5.41, 5.74) is 0. The maximum atomic E-state index is 5.68. The summed E-state index contributed by atoms with van der Waals surface area (Å²) < 4.78 is 2.76. The zero-order valence-electron chi connectivity index (χ0n) is 7.24. The molecule has 4 heteroatoms. The molecule has 0 radical (unpaired) electrons. The van der Waals surface area contributed by atoms with E-state index in [1.165, 1.54) is 0 Å². The van der Waals surface area contributed by atoms with Gasteiger partial charge in [0.25, 0.3) is 0 Å². The van der Waals surface area contributed by atoms with E-state index >= 15 is 0 Å². The molecule has 0 aromatic carbocycles. The van der Waals surface area contributed by atoms with Gasteiger partial charge >= 0.3 is 0 Å². The van der Waals surface area contributed by atoms with Crippen molar-refractivity contribution in [3.63, 3.8) is 0 Å². The highest BCUT2D eigenvalue weighted by molar-refractivity contribution is 8.23. The van der Waals surface area contributed by atoms with Gasteiger partial charge in [-0.2, -0.15) is 0 Å². The van der Waals surface area contributed by atoms with Crippen LogP contribution >= 0.6 is 35.6 Å². The lowest BCUT2D eigenvalue weighted by molar-refractivity contribution is 1.22. The van der Waals surface area contributed by atoms with Gasteiger partial charge in [0.1, 0.15) is 4.32 Å². The van der Waals surface area contributed by atoms with Crippen LogP contribution < -0.4 is 0 Å². The summed E-state index contributed by atoms with van der Waals surface area (Å²) in [5.74, 6) is 0.826. The van der Waals surface area contributed by atoms with E-state index in [0.717, 1.165) is 15.1 Å². The number of hydrogen-bond donors (Lipinski definition) is 0. The van der Waals surface area contributed by atoms with E-state index in [1.807, 2.05) is 42.1 Å². The number of nitrogens with zero attached hydrogens (tertiary/aromatic N) is 1. The second-order valence-corrected chi connectivity index (χ2v) is 4.71. The first-order chi connectivity index (χ1) is 6.20. The second kappa shape index (κ2) is 5.47. The quantitative estimate of drug-likeness (QED) is 0.718. The molecule has 0 aliphatic rings. The molecule has 0 N–H and O–H groups in total. The molecular weight excluding hydrogens is 222 g/mol. The maximum absolute atomic E-state index is 5.68. The summed E-state index contributed by atoms with van der Waals surface area (Å²) in [4.78, 5) is 0. The number of hydrogen-bond acceptors (Lipinski definition) is 2. The van der Waals surface area contributed by atoms with E-state index in [9.17, 15) is 0 Å². The van der Waals surface area contributed by atoms with Crippen molar-refractivity contribution in [2.45, 2.75) is 6.92 Å². The molecule has 1 rings (SSSR count). The Morgan fingerprint density at radius 2 is 2.15 bits per heavy atom. The zero-order chi connectivity index (χ0) is 9.68. The van der Waals surface area contributed by atoms with Crippen LogP contribution in [0.25, 0.3) is 0 Å². The summed E-state index contributed by atoms with van der Waals surface area (Å²) >= 11 is 12.5. The molecule has 1 nitrogen and oxygen atoms in total. The standard InChI is InChI=1S/C9H10ClNS2/c1-8(10)4-7-13-9(12)11-5-2-3-6-11/h2-6H,7H2,1H3/b8-4+. The Morgan fingerprint density at radius 3 is 2.69 bits per heavy atom. The van der Waals surface area contributed by atoms with Crippen LogP contribution in [-0.2, 0) is 0 Å². The molecule has 0 aliphatic carbocycles. The highest BCUT2D eigenvalue weighted by Crippen LogP contribution is 2.10. The molecule has 70 valence electrons. The van der Waals surface area contributed by atoms with Crippen molar-refractivity contribution in [3.8, 4) is 0 Å². The first kappa shape index (κ1) is 10.8. The summed E-state index contributed by atoms with van der Waals surface area (Å²) in [6.45, 7) is 1.86. The zero-order valence-corrected chi connectivity index (χ0v) is 9.62. The van der Waals surface area contributed by atoms with E-state index in [-0.39, 0.29) is 0 Å². The fourth-order valence-electron chi connectivity index (χ4n) is 0.759. The van der Waals surface area contributed by atoms with Crippen molar-refractivity contribution in [3.05, 3.63) is 35.6 Å². The molecule has 1 heterocycles. The van der Waals surface area contributed by atoms with Crippen molar-refractivity contribution in [1.82, 2.24) is 4.57 Å². The van der Waals surface area contributed by atoms with Crippen LogP contribution in [0, 0.1) is 0 Å². The lowest BCUT2D eigenvalue weighted by atomic mass is 10.6. The molecule has 0 atom stereocenters. The third-order valence-corrected chi connectivity index (χ3v) is 2.90. The van der Waals surface area contributed by atoms with Crippen LogP contribution in [-0.4, -0.2) is 14.6 Å². The fourth-order valence-corrected chi connectivity index (χ4v) is 2.00. The van der Waals surface area contributed by atoms with Gasteiger partial charge in [0.2, 0.25) is 0 Å². The predicted molar refractivity (Wildman–Crippen MR) is 64.5 cm³/mol. The van der Waals surface area contributed by atoms with Crippen molar-refractivity contribution in [2.24, 2.45) is 0 Å². The Bertz CT molecular complexity index is 299. The lowest BCUT2D eigenvalue weighted by Gasteiger charge is -2.01. The molecule has 0 aliphatic heterocycles. The Morgan fingerprint density at radius 1 is 1.54 bits per heavy atom. The first-order valence-corrected chi connectivity index (χ1v) is 5.59. The van der Waals surface area contributed by atoms with E-state index in [4.69, 9.17) is 23.8 Å². The Labute approximate surface area is 92.8 Å². The van der Waals surface area contributed by atoms with Gasteiger partial charge in [0, 0.05) is 23.2 Å². The number of halogens is 1. The van der Waals surface area contributed by atoms with Crippen LogP contribution in [0.5, 0.6) is 0 Å². The molecule has 13 heavy (non-hydrogen) atoms. The fraction of sp³-hybridized carbons (Fsp3) is 0.222. The van der Waals surface area contributed by atoms with Gasteiger partial charge in [-0.1, -0.05) is 41.7 Å². The smallest absolute Gasteiger partial charge is 0.144 e. The largest absolute Gasteiger partial charge is 0.310 e. The molecular formula is C9H10ClNS2. The van der Waals surface area contributed by atoms with Crippen molar-refractivity contribution in [1.29, 1.82) is 0 Å². The summed E-state index contributed by atoms with van der Waals surface area (Å²) in [5, 5.41) is 0.808. The van der Waals surface area contributed by atoms with Crippen LogP contribution in [0.3, 0.4) is 0 Å². The molecule has 0 saturated heterocycles. The monoisotopic (exact) mass is 231 g/mol. The number of aromatic nitrogens is 1. The van der Waals surface area contributed by atoms with Crippen molar-refractivity contribution in [2.75, 3.05) is 5.75 Å². The van der Waals surface area contributed by atoms with E-state index in [1.54, 1.807) is 11.8 Å². The molecule has 0 bridgehead atoms. The summed E-state index contributed by atoms with van der Waals surface area (Å²) in [6, 6.07) is 3.91. The maximum Gasteiger partial charge on any atom is 0.144 e. The van der Waals surface area contributed by atoms with Crippen LogP contribution in [0.15, 0.2) is 35.6 Å². The Balaban J connectivity index is 2.39. The number of thioether (sulfide) groups is 1. The normalized spacial score (nSPS) is 11.7. The number of thiocarbonyl (C=S) groups is 1. The van der Waals surface area contributed by atoms with Crippen molar-refractivity contribution >= 4 is 39.9 Å². The second-order valence-electron chi connectivity index (χ2n) is 2.46. The van der Waals surface area contributed by atoms with Gasteiger partial charge in [-0.3, -0.25) is 0 Å². The van der Waals surface area contributed by atoms with Gasteiger partial charge < -0.3 is 4.57 Å². The highest BCUT2D eigenvalue weighted by atomic mass is 35.5. The van der Waals surface area contributed by atoms with E-state index in [0.29, 0.717) is 0 Å². The minimum atomic E-state index is 0.808. The first-order valence-electron chi connectivity index (χ1n) is 3.82. The molecule has 1 aromatic heterocycles. The SMILES string of the molecule is C/C(Cl)=C\CSC(=S)n1cccc1. The highest BCUT2D eigenvalue weighted by Gasteiger charge is 1.96. The molecule has 1 aromatic rings. The van der Waals surface area contributed by atoms with Crippen LogP contribution in [0.2, 0.25) is 0 Å². The Hall–Kier alpha value is -0.250. The average Bonchev–Trinajstić information content (AvgIpc) is 2.55. The summed E-state index contributed by atoms with van der Waals surface area (Å²) in [6.07, 6.45) is 5.82. The van der Waals surface area contributed by atoms with Gasteiger partial charge in [-0.05, 0) is 19.1 Å². The van der Waals surface area contributed by atoms with E-state index < -0.39 is 0 Å². The van der Waals surface area contributed by atoms with Gasteiger partial charge in [0.05, 0.1) is 0 Å².